The highest BCUT2D eigenvalue weighted by Gasteiger charge is 2.33. The topological polar surface area (TPSA) is 120 Å². The summed E-state index contributed by atoms with van der Waals surface area (Å²) in [5.74, 6) is -0.163. The van der Waals surface area contributed by atoms with Crippen LogP contribution < -0.4 is 21.1 Å². The standard InChI is InChI=1S/C38H34N6O3/c1-47-35-22-34(31(21-32(35)40)37(45)42-24-26-13-9-8-12-25(26)20-29(42)23-39)44-33-19-11-10-18-30(33)36(41-44)38(46)43(27-14-4-2-5-15-27)28-16-6-3-7-17-28/h2-19,21-22,29H,20,23-24,39-40H2,1H3/t29-/m0/s1. The first-order chi connectivity index (χ1) is 23.0. The zero-order valence-electron chi connectivity index (χ0n) is 25.9. The van der Waals surface area contributed by atoms with Crippen LogP contribution in [0.5, 0.6) is 5.75 Å². The number of carbonyl (C=O) groups is 2. The Morgan fingerprint density at radius 2 is 1.47 bits per heavy atom. The molecule has 47 heavy (non-hydrogen) atoms. The number of methoxy groups -OCH3 is 1. The lowest BCUT2D eigenvalue weighted by atomic mass is 9.93. The fourth-order valence-corrected chi connectivity index (χ4v) is 6.35. The summed E-state index contributed by atoms with van der Waals surface area (Å²) in [6.45, 7) is 0.716. The predicted molar refractivity (Wildman–Crippen MR) is 184 cm³/mol. The van der Waals surface area contributed by atoms with E-state index in [1.165, 1.54) is 12.7 Å². The number of carbonyl (C=O) groups excluding carboxylic acids is 2. The highest BCUT2D eigenvalue weighted by atomic mass is 16.5. The molecule has 9 nitrogen and oxygen atoms in total. The van der Waals surface area contributed by atoms with Crippen LogP contribution >= 0.6 is 0 Å². The number of benzene rings is 5. The minimum absolute atomic E-state index is 0.203. The molecule has 0 aliphatic carbocycles. The van der Waals surface area contributed by atoms with Crippen molar-refractivity contribution in [3.8, 4) is 11.4 Å². The Morgan fingerprint density at radius 1 is 0.851 bits per heavy atom. The van der Waals surface area contributed by atoms with Gasteiger partial charge in [-0.05, 0) is 53.9 Å². The second-order valence-electron chi connectivity index (χ2n) is 11.5. The first kappa shape index (κ1) is 29.8. The number of anilines is 3. The Bertz CT molecular complexity index is 2050. The Hall–Kier alpha value is -5.93. The van der Waals surface area contributed by atoms with Gasteiger partial charge in [-0.2, -0.15) is 5.10 Å². The van der Waals surface area contributed by atoms with E-state index in [9.17, 15) is 9.59 Å². The molecule has 0 saturated carbocycles. The third-order valence-electron chi connectivity index (χ3n) is 8.72. The summed E-state index contributed by atoms with van der Waals surface area (Å²) in [5.41, 5.74) is 18.3. The number of aromatic nitrogens is 2. The average Bonchev–Trinajstić information content (AvgIpc) is 3.51. The third kappa shape index (κ3) is 5.36. The SMILES string of the molecule is COc1cc(-n2nc(C(=O)N(c3ccccc3)c3ccccc3)c3ccccc32)c(C(=O)N2Cc3ccccc3C[C@H]2CN)cc1N. The number of rotatable bonds is 7. The van der Waals surface area contributed by atoms with Gasteiger partial charge < -0.3 is 21.1 Å². The minimum Gasteiger partial charge on any atom is -0.495 e. The number of hydrogen-bond acceptors (Lipinski definition) is 6. The van der Waals surface area contributed by atoms with Gasteiger partial charge in [-0.25, -0.2) is 4.68 Å². The molecule has 5 aromatic carbocycles. The Labute approximate surface area is 272 Å². The maximum atomic E-state index is 14.6. The molecule has 6 aromatic rings. The van der Waals surface area contributed by atoms with Crippen LogP contribution in [0.2, 0.25) is 0 Å². The van der Waals surface area contributed by atoms with E-state index >= 15 is 0 Å². The fourth-order valence-electron chi connectivity index (χ4n) is 6.35. The van der Waals surface area contributed by atoms with Crippen LogP contribution in [0.25, 0.3) is 16.6 Å². The molecule has 0 unspecified atom stereocenters. The molecule has 0 spiro atoms. The zero-order chi connectivity index (χ0) is 32.5. The summed E-state index contributed by atoms with van der Waals surface area (Å²) in [7, 11) is 1.52. The van der Waals surface area contributed by atoms with E-state index in [2.05, 4.69) is 6.07 Å². The molecule has 1 aliphatic rings. The second-order valence-corrected chi connectivity index (χ2v) is 11.5. The maximum Gasteiger partial charge on any atom is 0.283 e. The Morgan fingerprint density at radius 3 is 2.13 bits per heavy atom. The smallest absolute Gasteiger partial charge is 0.283 e. The van der Waals surface area contributed by atoms with E-state index in [-0.39, 0.29) is 23.6 Å². The van der Waals surface area contributed by atoms with E-state index < -0.39 is 0 Å². The van der Waals surface area contributed by atoms with Gasteiger partial charge in [-0.3, -0.25) is 14.5 Å². The monoisotopic (exact) mass is 622 g/mol. The molecule has 2 amide bonds. The van der Waals surface area contributed by atoms with E-state index in [1.807, 2.05) is 103 Å². The molecule has 0 bridgehead atoms. The molecule has 4 N–H and O–H groups in total. The van der Waals surface area contributed by atoms with Crippen molar-refractivity contribution >= 4 is 39.8 Å². The number of amides is 2. The molecular weight excluding hydrogens is 588 g/mol. The first-order valence-electron chi connectivity index (χ1n) is 15.5. The van der Waals surface area contributed by atoms with Crippen molar-refractivity contribution in [2.45, 2.75) is 19.0 Å². The number of hydrogen-bond donors (Lipinski definition) is 2. The third-order valence-corrected chi connectivity index (χ3v) is 8.72. The molecule has 1 aliphatic heterocycles. The molecule has 234 valence electrons. The van der Waals surface area contributed by atoms with Crippen molar-refractivity contribution < 1.29 is 14.3 Å². The molecule has 1 aromatic heterocycles. The van der Waals surface area contributed by atoms with Gasteiger partial charge >= 0.3 is 0 Å². The van der Waals surface area contributed by atoms with Crippen molar-refractivity contribution in [2.75, 3.05) is 24.3 Å². The van der Waals surface area contributed by atoms with Crippen LogP contribution in [0, 0.1) is 0 Å². The molecule has 7 rings (SSSR count). The first-order valence-corrected chi connectivity index (χ1v) is 15.5. The number of nitrogens with zero attached hydrogens (tertiary/aromatic N) is 4. The maximum absolute atomic E-state index is 14.6. The Balaban J connectivity index is 1.39. The summed E-state index contributed by atoms with van der Waals surface area (Å²) in [6, 6.07) is 37.6. The largest absolute Gasteiger partial charge is 0.495 e. The molecule has 0 saturated heterocycles. The molecule has 0 fully saturated rings. The van der Waals surface area contributed by atoms with E-state index in [4.69, 9.17) is 21.3 Å². The fraction of sp³-hybridized carbons (Fsp3) is 0.132. The molecule has 1 atom stereocenters. The van der Waals surface area contributed by atoms with Gasteiger partial charge in [0.2, 0.25) is 0 Å². The number of fused-ring (bicyclic) bond motifs is 2. The van der Waals surface area contributed by atoms with E-state index in [0.717, 1.165) is 5.56 Å². The van der Waals surface area contributed by atoms with Crippen molar-refractivity contribution in [1.29, 1.82) is 0 Å². The number of nitrogens with two attached hydrogens (primary N) is 2. The van der Waals surface area contributed by atoms with Gasteiger partial charge in [0.1, 0.15) is 5.75 Å². The lowest BCUT2D eigenvalue weighted by Crippen LogP contribution is -2.48. The van der Waals surface area contributed by atoms with Gasteiger partial charge in [0.15, 0.2) is 5.69 Å². The van der Waals surface area contributed by atoms with Crippen LogP contribution in [0.1, 0.15) is 32.0 Å². The summed E-state index contributed by atoms with van der Waals surface area (Å²) < 4.78 is 7.25. The van der Waals surface area contributed by atoms with Crippen molar-refractivity contribution in [2.24, 2.45) is 5.73 Å². The second kappa shape index (κ2) is 12.5. The number of para-hydroxylation sites is 3. The highest BCUT2D eigenvalue weighted by Crippen LogP contribution is 2.35. The average molecular weight is 623 g/mol. The predicted octanol–water partition coefficient (Wildman–Crippen LogP) is 6.12. The number of ether oxygens (including phenoxy) is 1. The summed E-state index contributed by atoms with van der Waals surface area (Å²) in [4.78, 5) is 32.5. The summed E-state index contributed by atoms with van der Waals surface area (Å²) in [5, 5.41) is 5.57. The zero-order valence-corrected chi connectivity index (χ0v) is 25.9. The van der Waals surface area contributed by atoms with E-state index in [0.29, 0.717) is 64.5 Å². The van der Waals surface area contributed by atoms with Gasteiger partial charge in [0.25, 0.3) is 11.8 Å². The van der Waals surface area contributed by atoms with Crippen molar-refractivity contribution in [1.82, 2.24) is 14.7 Å². The molecular formula is C38H34N6O3. The molecule has 9 heteroatoms. The quantitative estimate of drug-likeness (QED) is 0.207. The van der Waals surface area contributed by atoms with Crippen molar-refractivity contribution in [3.05, 3.63) is 144 Å². The number of nitrogen functional groups attached to an aromatic ring is 1. The highest BCUT2D eigenvalue weighted by molar-refractivity contribution is 6.16. The lowest BCUT2D eigenvalue weighted by Gasteiger charge is -2.37. The minimum atomic E-state index is -0.316. The molecule has 0 radical (unpaired) electrons. The van der Waals surface area contributed by atoms with Crippen LogP contribution in [0.4, 0.5) is 17.1 Å². The van der Waals surface area contributed by atoms with Gasteiger partial charge in [-0.15, -0.1) is 0 Å². The normalized spacial score (nSPS) is 14.1. The van der Waals surface area contributed by atoms with Gasteiger partial charge in [-0.1, -0.05) is 78.9 Å². The Kier molecular flexibility index (Phi) is 7.89. The van der Waals surface area contributed by atoms with Crippen LogP contribution in [0.3, 0.4) is 0 Å². The van der Waals surface area contributed by atoms with Crippen LogP contribution in [-0.2, 0) is 13.0 Å². The summed E-state index contributed by atoms with van der Waals surface area (Å²) >= 11 is 0. The van der Waals surface area contributed by atoms with Crippen molar-refractivity contribution in [3.63, 3.8) is 0 Å². The van der Waals surface area contributed by atoms with Crippen LogP contribution in [0.15, 0.2) is 121 Å². The van der Waals surface area contributed by atoms with Gasteiger partial charge in [0, 0.05) is 42.0 Å². The summed E-state index contributed by atoms with van der Waals surface area (Å²) in [6.07, 6.45) is 0.650. The van der Waals surface area contributed by atoms with Gasteiger partial charge in [0.05, 0.1) is 29.6 Å². The molecule has 2 heterocycles. The van der Waals surface area contributed by atoms with Crippen LogP contribution in [-0.4, -0.2) is 46.2 Å². The lowest BCUT2D eigenvalue weighted by molar-refractivity contribution is 0.0647. The van der Waals surface area contributed by atoms with E-state index in [1.54, 1.807) is 26.6 Å².